The highest BCUT2D eigenvalue weighted by Crippen LogP contribution is 2.08. The van der Waals surface area contributed by atoms with Crippen molar-refractivity contribution >= 4 is 11.6 Å². The molecule has 0 aromatic carbocycles. The van der Waals surface area contributed by atoms with Crippen molar-refractivity contribution in [3.8, 4) is 6.07 Å². The second-order valence-corrected chi connectivity index (χ2v) is 2.62. The highest BCUT2D eigenvalue weighted by atomic mass is 35.5. The lowest BCUT2D eigenvalue weighted by atomic mass is 10.5. The number of hydrogen-bond acceptors (Lipinski definition) is 3. The van der Waals surface area contributed by atoms with Crippen molar-refractivity contribution in [2.75, 3.05) is 19.8 Å². The lowest BCUT2D eigenvalue weighted by Crippen LogP contribution is -2.10. The van der Waals surface area contributed by atoms with E-state index >= 15 is 0 Å². The van der Waals surface area contributed by atoms with E-state index in [1.165, 1.54) is 0 Å². The molecule has 1 aliphatic heterocycles. The van der Waals surface area contributed by atoms with Crippen molar-refractivity contribution in [2.24, 2.45) is 0 Å². The van der Waals surface area contributed by atoms with Gasteiger partial charge in [-0.15, -0.1) is 11.6 Å². The average molecular weight is 162 g/mol. The zero-order chi connectivity index (χ0) is 7.40. The van der Waals surface area contributed by atoms with E-state index in [0.717, 1.165) is 6.61 Å². The number of epoxide rings is 1. The summed E-state index contributed by atoms with van der Waals surface area (Å²) < 4.78 is 9.90. The number of rotatable bonds is 4. The zero-order valence-corrected chi connectivity index (χ0v) is 6.17. The smallest absolute Gasteiger partial charge is 0.143 e. The van der Waals surface area contributed by atoms with Gasteiger partial charge in [-0.25, -0.2) is 0 Å². The van der Waals surface area contributed by atoms with E-state index in [1.54, 1.807) is 0 Å². The Morgan fingerprint density at radius 3 is 3.10 bits per heavy atom. The molecule has 0 spiro atoms. The molecular formula is C6H8ClNO2. The molecule has 1 fully saturated rings. The Labute approximate surface area is 64.5 Å². The predicted molar refractivity (Wildman–Crippen MR) is 35.8 cm³/mol. The van der Waals surface area contributed by atoms with Crippen LogP contribution in [0.15, 0.2) is 0 Å². The molecular weight excluding hydrogens is 154 g/mol. The van der Waals surface area contributed by atoms with Crippen LogP contribution in [0.4, 0.5) is 0 Å². The van der Waals surface area contributed by atoms with Crippen molar-refractivity contribution in [3.05, 3.63) is 0 Å². The Balaban J connectivity index is 1.89. The molecule has 0 amide bonds. The molecule has 1 saturated heterocycles. The van der Waals surface area contributed by atoms with Gasteiger partial charge in [0, 0.05) is 0 Å². The first-order valence-electron chi connectivity index (χ1n) is 3.06. The maximum Gasteiger partial charge on any atom is 0.143 e. The molecule has 1 rings (SSSR count). The minimum atomic E-state index is -0.529. The Kier molecular flexibility index (Phi) is 2.94. The third-order valence-corrected chi connectivity index (χ3v) is 1.33. The van der Waals surface area contributed by atoms with Crippen LogP contribution in [0.1, 0.15) is 0 Å². The molecule has 0 N–H and O–H groups in total. The first kappa shape index (κ1) is 7.80. The Morgan fingerprint density at radius 1 is 1.90 bits per heavy atom. The minimum Gasteiger partial charge on any atom is -0.376 e. The summed E-state index contributed by atoms with van der Waals surface area (Å²) in [6, 6.07) is 1.86. The average Bonchev–Trinajstić information content (AvgIpc) is 2.71. The summed E-state index contributed by atoms with van der Waals surface area (Å²) in [7, 11) is 0. The van der Waals surface area contributed by atoms with Crippen LogP contribution in [-0.2, 0) is 9.47 Å². The van der Waals surface area contributed by atoms with Crippen LogP contribution in [0, 0.1) is 11.3 Å². The van der Waals surface area contributed by atoms with Gasteiger partial charge in [-0.2, -0.15) is 5.26 Å². The molecule has 4 heteroatoms. The van der Waals surface area contributed by atoms with E-state index in [4.69, 9.17) is 26.3 Å². The van der Waals surface area contributed by atoms with Gasteiger partial charge in [0.25, 0.3) is 0 Å². The number of ether oxygens (including phenoxy) is 2. The fourth-order valence-electron chi connectivity index (χ4n) is 0.504. The Hall–Kier alpha value is -0.300. The first-order valence-corrected chi connectivity index (χ1v) is 3.49. The normalized spacial score (nSPS) is 25.4. The highest BCUT2D eigenvalue weighted by Gasteiger charge is 2.22. The predicted octanol–water partition coefficient (Wildman–Crippen LogP) is 0.533. The molecule has 0 radical (unpaired) electrons. The topological polar surface area (TPSA) is 45.5 Å². The van der Waals surface area contributed by atoms with Gasteiger partial charge in [0.2, 0.25) is 0 Å². The molecule has 3 nitrogen and oxygen atoms in total. The Morgan fingerprint density at radius 2 is 2.60 bits per heavy atom. The maximum absolute atomic E-state index is 8.22. The number of alkyl halides is 1. The second kappa shape index (κ2) is 3.77. The lowest BCUT2D eigenvalue weighted by molar-refractivity contribution is 0.123. The molecule has 2 atom stereocenters. The van der Waals surface area contributed by atoms with Gasteiger partial charge < -0.3 is 9.47 Å². The summed E-state index contributed by atoms with van der Waals surface area (Å²) in [5, 5.41) is 7.69. The number of nitriles is 1. The van der Waals surface area contributed by atoms with Crippen LogP contribution in [0.2, 0.25) is 0 Å². The van der Waals surface area contributed by atoms with Crippen molar-refractivity contribution in [3.63, 3.8) is 0 Å². The summed E-state index contributed by atoms with van der Waals surface area (Å²) in [6.45, 7) is 1.63. The maximum atomic E-state index is 8.22. The molecule has 1 heterocycles. The molecule has 2 unspecified atom stereocenters. The summed E-state index contributed by atoms with van der Waals surface area (Å²) in [4.78, 5) is 0. The van der Waals surface area contributed by atoms with Crippen molar-refractivity contribution in [1.82, 2.24) is 0 Å². The van der Waals surface area contributed by atoms with Gasteiger partial charge in [-0.05, 0) is 0 Å². The summed E-state index contributed by atoms with van der Waals surface area (Å²) in [5.74, 6) is 0. The molecule has 0 aromatic heterocycles. The lowest BCUT2D eigenvalue weighted by Gasteiger charge is -1.99. The standard InChI is InChI=1S/C6H8ClNO2/c7-5(1-8)2-9-3-6-4-10-6/h5-6H,2-4H2. The molecule has 56 valence electrons. The van der Waals surface area contributed by atoms with Crippen LogP contribution < -0.4 is 0 Å². The van der Waals surface area contributed by atoms with Gasteiger partial charge >= 0.3 is 0 Å². The van der Waals surface area contributed by atoms with E-state index in [2.05, 4.69) is 0 Å². The fraction of sp³-hybridized carbons (Fsp3) is 0.833. The van der Waals surface area contributed by atoms with Gasteiger partial charge in [-0.1, -0.05) is 0 Å². The molecule has 10 heavy (non-hydrogen) atoms. The van der Waals surface area contributed by atoms with Gasteiger partial charge in [-0.3, -0.25) is 0 Å². The van der Waals surface area contributed by atoms with E-state index in [9.17, 15) is 0 Å². The quantitative estimate of drug-likeness (QED) is 0.447. The summed E-state index contributed by atoms with van der Waals surface area (Å²) in [6.07, 6.45) is 0.252. The van der Waals surface area contributed by atoms with Gasteiger partial charge in [0.05, 0.1) is 25.9 Å². The van der Waals surface area contributed by atoms with Crippen LogP contribution in [0.25, 0.3) is 0 Å². The molecule has 1 aliphatic rings. The van der Waals surface area contributed by atoms with E-state index in [-0.39, 0.29) is 12.7 Å². The van der Waals surface area contributed by atoms with Crippen LogP contribution in [-0.4, -0.2) is 31.3 Å². The third-order valence-electron chi connectivity index (χ3n) is 1.11. The monoisotopic (exact) mass is 161 g/mol. The molecule has 0 aromatic rings. The van der Waals surface area contributed by atoms with E-state index in [1.807, 2.05) is 6.07 Å². The fourth-order valence-corrected chi connectivity index (χ4v) is 0.594. The van der Waals surface area contributed by atoms with Crippen molar-refractivity contribution in [1.29, 1.82) is 5.26 Å². The van der Waals surface area contributed by atoms with Crippen molar-refractivity contribution < 1.29 is 9.47 Å². The summed E-state index contributed by atoms with van der Waals surface area (Å²) in [5.41, 5.74) is 0. The number of nitrogens with zero attached hydrogens (tertiary/aromatic N) is 1. The SMILES string of the molecule is N#CC(Cl)COCC1CO1. The Bertz CT molecular complexity index is 141. The van der Waals surface area contributed by atoms with E-state index < -0.39 is 5.38 Å². The van der Waals surface area contributed by atoms with Crippen LogP contribution in [0.5, 0.6) is 0 Å². The zero-order valence-electron chi connectivity index (χ0n) is 5.42. The third kappa shape index (κ3) is 3.02. The molecule has 0 aliphatic carbocycles. The largest absolute Gasteiger partial charge is 0.376 e. The highest BCUT2D eigenvalue weighted by molar-refractivity contribution is 6.22. The first-order chi connectivity index (χ1) is 4.83. The van der Waals surface area contributed by atoms with Crippen LogP contribution in [0.3, 0.4) is 0 Å². The minimum absolute atomic E-state index is 0.252. The molecule has 0 saturated carbocycles. The van der Waals surface area contributed by atoms with Crippen LogP contribution >= 0.6 is 11.6 Å². The van der Waals surface area contributed by atoms with E-state index in [0.29, 0.717) is 6.61 Å². The summed E-state index contributed by atoms with van der Waals surface area (Å²) >= 11 is 5.44. The molecule has 0 bridgehead atoms. The second-order valence-electron chi connectivity index (χ2n) is 2.09. The number of hydrogen-bond donors (Lipinski definition) is 0. The number of halogens is 1. The van der Waals surface area contributed by atoms with Gasteiger partial charge in [0.15, 0.2) is 0 Å². The van der Waals surface area contributed by atoms with Crippen molar-refractivity contribution in [2.45, 2.75) is 11.5 Å². The van der Waals surface area contributed by atoms with Gasteiger partial charge in [0.1, 0.15) is 11.5 Å².